The van der Waals surface area contributed by atoms with Crippen molar-refractivity contribution in [3.8, 4) is 0 Å². The van der Waals surface area contributed by atoms with E-state index in [9.17, 15) is 19.2 Å². The molecule has 2 aromatic rings. The van der Waals surface area contributed by atoms with E-state index in [1.54, 1.807) is 4.90 Å². The summed E-state index contributed by atoms with van der Waals surface area (Å²) in [5, 5.41) is 2.67. The quantitative estimate of drug-likeness (QED) is 0.589. The zero-order valence-electron chi connectivity index (χ0n) is 18.0. The van der Waals surface area contributed by atoms with Gasteiger partial charge in [-0.05, 0) is 42.3 Å². The monoisotopic (exact) mass is 437 g/mol. The third-order valence-electron chi connectivity index (χ3n) is 5.42. The Morgan fingerprint density at radius 2 is 1.41 bits per heavy atom. The van der Waals surface area contributed by atoms with Crippen molar-refractivity contribution in [3.05, 3.63) is 64.7 Å². The first kappa shape index (κ1) is 23.0. The molecule has 0 saturated carbocycles. The van der Waals surface area contributed by atoms with Crippen LogP contribution in [0.2, 0.25) is 0 Å². The van der Waals surface area contributed by atoms with Gasteiger partial charge in [-0.15, -0.1) is 0 Å². The number of piperazine rings is 1. The second kappa shape index (κ2) is 10.1. The number of hydrogen-bond donors (Lipinski definition) is 3. The topological polar surface area (TPSA) is 139 Å². The van der Waals surface area contributed by atoms with E-state index >= 15 is 0 Å². The van der Waals surface area contributed by atoms with Crippen molar-refractivity contribution in [1.82, 2.24) is 9.80 Å². The second-order valence-electron chi connectivity index (χ2n) is 7.69. The van der Waals surface area contributed by atoms with Gasteiger partial charge in [-0.3, -0.25) is 24.1 Å². The molecule has 168 valence electrons. The van der Waals surface area contributed by atoms with Crippen LogP contribution in [0.1, 0.15) is 43.6 Å². The van der Waals surface area contributed by atoms with E-state index in [1.165, 1.54) is 23.8 Å². The summed E-state index contributed by atoms with van der Waals surface area (Å²) >= 11 is 0. The van der Waals surface area contributed by atoms with Gasteiger partial charge in [0.1, 0.15) is 0 Å². The fourth-order valence-electron chi connectivity index (χ4n) is 3.56. The summed E-state index contributed by atoms with van der Waals surface area (Å²) in [5.74, 6) is -1.78. The highest BCUT2D eigenvalue weighted by Gasteiger charge is 2.23. The molecule has 1 saturated heterocycles. The SMILES string of the molecule is CCc1ccc(C(=O)N2CCN(CC(=O)Nc3cc(C(N)=O)cc(C(N)=O)c3)CC2)cc1. The zero-order valence-corrected chi connectivity index (χ0v) is 18.0. The molecular formula is C23H27N5O4. The maximum atomic E-state index is 12.7. The van der Waals surface area contributed by atoms with Crippen molar-refractivity contribution in [1.29, 1.82) is 0 Å². The summed E-state index contributed by atoms with van der Waals surface area (Å²) in [7, 11) is 0. The van der Waals surface area contributed by atoms with Gasteiger partial charge in [0, 0.05) is 48.6 Å². The van der Waals surface area contributed by atoms with Gasteiger partial charge in [-0.25, -0.2) is 0 Å². The first-order chi connectivity index (χ1) is 15.3. The molecule has 0 atom stereocenters. The van der Waals surface area contributed by atoms with Gasteiger partial charge in [-0.1, -0.05) is 19.1 Å². The molecule has 1 fully saturated rings. The Morgan fingerprint density at radius 1 is 0.844 bits per heavy atom. The Hall–Kier alpha value is -3.72. The third-order valence-corrected chi connectivity index (χ3v) is 5.42. The van der Waals surface area contributed by atoms with Gasteiger partial charge in [0.15, 0.2) is 0 Å². The number of hydrogen-bond acceptors (Lipinski definition) is 5. The summed E-state index contributed by atoms with van der Waals surface area (Å²) < 4.78 is 0. The van der Waals surface area contributed by atoms with Gasteiger partial charge in [-0.2, -0.15) is 0 Å². The number of nitrogens with zero attached hydrogens (tertiary/aromatic N) is 2. The summed E-state index contributed by atoms with van der Waals surface area (Å²) in [6, 6.07) is 11.7. The van der Waals surface area contributed by atoms with Crippen LogP contribution in [0.3, 0.4) is 0 Å². The summed E-state index contributed by atoms with van der Waals surface area (Å²) in [6.07, 6.45) is 0.922. The normalized spacial score (nSPS) is 14.1. The van der Waals surface area contributed by atoms with Crippen molar-refractivity contribution in [2.24, 2.45) is 11.5 Å². The molecule has 32 heavy (non-hydrogen) atoms. The van der Waals surface area contributed by atoms with Crippen molar-refractivity contribution in [2.45, 2.75) is 13.3 Å². The lowest BCUT2D eigenvalue weighted by molar-refractivity contribution is -0.117. The Bertz CT molecular complexity index is 995. The largest absolute Gasteiger partial charge is 0.366 e. The van der Waals surface area contributed by atoms with Crippen LogP contribution < -0.4 is 16.8 Å². The van der Waals surface area contributed by atoms with Crippen LogP contribution in [0.4, 0.5) is 5.69 Å². The van der Waals surface area contributed by atoms with Crippen LogP contribution in [-0.4, -0.2) is 66.2 Å². The first-order valence-corrected chi connectivity index (χ1v) is 10.4. The molecule has 1 aliphatic rings. The fourth-order valence-corrected chi connectivity index (χ4v) is 3.56. The van der Waals surface area contributed by atoms with Crippen molar-refractivity contribution in [2.75, 3.05) is 38.0 Å². The van der Waals surface area contributed by atoms with Gasteiger partial charge in [0.25, 0.3) is 5.91 Å². The highest BCUT2D eigenvalue weighted by Crippen LogP contribution is 2.16. The third kappa shape index (κ3) is 5.70. The van der Waals surface area contributed by atoms with Crippen molar-refractivity contribution in [3.63, 3.8) is 0 Å². The molecule has 0 unspecified atom stereocenters. The molecule has 5 N–H and O–H groups in total. The maximum Gasteiger partial charge on any atom is 0.253 e. The number of anilines is 1. The van der Waals surface area contributed by atoms with Gasteiger partial charge < -0.3 is 21.7 Å². The fraction of sp³-hybridized carbons (Fsp3) is 0.304. The number of nitrogens with one attached hydrogen (secondary N) is 1. The summed E-state index contributed by atoms with van der Waals surface area (Å²) in [6.45, 7) is 4.33. The van der Waals surface area contributed by atoms with E-state index < -0.39 is 11.8 Å². The van der Waals surface area contributed by atoms with E-state index in [-0.39, 0.29) is 35.2 Å². The lowest BCUT2D eigenvalue weighted by Gasteiger charge is -2.34. The number of amides is 4. The van der Waals surface area contributed by atoms with Crippen LogP contribution in [0.15, 0.2) is 42.5 Å². The Labute approximate surface area is 186 Å². The first-order valence-electron chi connectivity index (χ1n) is 10.4. The van der Waals surface area contributed by atoms with Crippen molar-refractivity contribution < 1.29 is 19.2 Å². The summed E-state index contributed by atoms with van der Waals surface area (Å²) in [4.78, 5) is 51.8. The van der Waals surface area contributed by atoms with Crippen LogP contribution >= 0.6 is 0 Å². The molecule has 0 aromatic heterocycles. The minimum absolute atomic E-state index is 0.0148. The van der Waals surface area contributed by atoms with E-state index in [2.05, 4.69) is 12.2 Å². The number of aryl methyl sites for hydroxylation is 1. The van der Waals surface area contributed by atoms with E-state index in [4.69, 9.17) is 11.5 Å². The number of rotatable bonds is 7. The molecule has 4 amide bonds. The molecule has 9 nitrogen and oxygen atoms in total. The van der Waals surface area contributed by atoms with E-state index in [0.29, 0.717) is 31.7 Å². The maximum absolute atomic E-state index is 12.7. The highest BCUT2D eigenvalue weighted by atomic mass is 16.2. The number of carbonyl (C=O) groups is 4. The predicted octanol–water partition coefficient (Wildman–Crippen LogP) is 0.843. The predicted molar refractivity (Wildman–Crippen MR) is 120 cm³/mol. The Kier molecular flexibility index (Phi) is 7.21. The van der Waals surface area contributed by atoms with E-state index in [1.807, 2.05) is 29.2 Å². The second-order valence-corrected chi connectivity index (χ2v) is 7.69. The molecule has 0 spiro atoms. The standard InChI is InChI=1S/C23H27N5O4/c1-2-15-3-5-16(6-4-15)23(32)28-9-7-27(8-10-28)14-20(29)26-19-12-17(21(24)30)11-18(13-19)22(25)31/h3-6,11-13H,2,7-10,14H2,1H3,(H2,24,30)(H2,25,31)(H,26,29). The Morgan fingerprint density at radius 3 is 1.91 bits per heavy atom. The lowest BCUT2D eigenvalue weighted by atomic mass is 10.1. The highest BCUT2D eigenvalue weighted by molar-refractivity contribution is 6.02. The molecule has 0 bridgehead atoms. The zero-order chi connectivity index (χ0) is 23.3. The van der Waals surface area contributed by atoms with Crippen LogP contribution in [0.25, 0.3) is 0 Å². The minimum atomic E-state index is -0.728. The van der Waals surface area contributed by atoms with Crippen LogP contribution in [0, 0.1) is 0 Å². The average molecular weight is 438 g/mol. The molecule has 0 radical (unpaired) electrons. The molecule has 1 heterocycles. The Balaban J connectivity index is 1.55. The molecule has 1 aliphatic heterocycles. The van der Waals surface area contributed by atoms with Crippen molar-refractivity contribution >= 4 is 29.3 Å². The van der Waals surface area contributed by atoms with Gasteiger partial charge in [0.2, 0.25) is 17.7 Å². The lowest BCUT2D eigenvalue weighted by Crippen LogP contribution is -2.50. The minimum Gasteiger partial charge on any atom is -0.366 e. The van der Waals surface area contributed by atoms with Gasteiger partial charge in [0.05, 0.1) is 6.54 Å². The molecule has 3 rings (SSSR count). The number of primary amides is 2. The number of benzene rings is 2. The molecular weight excluding hydrogens is 410 g/mol. The molecule has 2 aromatic carbocycles. The smallest absolute Gasteiger partial charge is 0.253 e. The van der Waals surface area contributed by atoms with Crippen LogP contribution in [-0.2, 0) is 11.2 Å². The van der Waals surface area contributed by atoms with E-state index in [0.717, 1.165) is 6.42 Å². The average Bonchev–Trinajstić information content (AvgIpc) is 2.78. The molecule has 0 aliphatic carbocycles. The van der Waals surface area contributed by atoms with Crippen LogP contribution in [0.5, 0.6) is 0 Å². The number of carbonyl (C=O) groups excluding carboxylic acids is 4. The van der Waals surface area contributed by atoms with Gasteiger partial charge >= 0.3 is 0 Å². The molecule has 9 heteroatoms. The summed E-state index contributed by atoms with van der Waals surface area (Å²) in [5.41, 5.74) is 12.8. The number of nitrogens with two attached hydrogens (primary N) is 2.